The van der Waals surface area contributed by atoms with Crippen LogP contribution in [0, 0.1) is 18.8 Å². The van der Waals surface area contributed by atoms with Gasteiger partial charge in [0.2, 0.25) is 11.8 Å². The Balaban J connectivity index is 1.19. The number of thiophene rings is 1. The molecular weight excluding hydrogens is 599 g/mol. The zero-order valence-electron chi connectivity index (χ0n) is 29.0. The lowest BCUT2D eigenvalue weighted by atomic mass is 9.70. The first-order chi connectivity index (χ1) is 22.9. The second-order valence-corrected chi connectivity index (χ2v) is 15.0. The Labute approximate surface area is 287 Å². The number of hydrogen-bond donors (Lipinski definition) is 1. The molecule has 1 aliphatic carbocycles. The monoisotopic (exact) mass is 653 g/mol. The first kappa shape index (κ1) is 33.9. The molecule has 1 aliphatic heterocycles. The van der Waals surface area contributed by atoms with Crippen molar-refractivity contribution >= 4 is 17.2 Å². The number of piperazine rings is 1. The maximum atomic E-state index is 7.06. The average Bonchev–Trinajstić information content (AvgIpc) is 3.73. The normalized spacial score (nSPS) is 21.2. The Hall–Kier alpha value is -2.97. The van der Waals surface area contributed by atoms with Gasteiger partial charge in [0.25, 0.3) is 0 Å². The molecule has 2 fully saturated rings. The summed E-state index contributed by atoms with van der Waals surface area (Å²) in [7, 11) is 0. The highest BCUT2D eigenvalue weighted by Gasteiger charge is 2.38. The predicted molar refractivity (Wildman–Crippen MR) is 196 cm³/mol. The number of hydrogen-bond acceptors (Lipinski definition) is 7. The highest BCUT2D eigenvalue weighted by atomic mass is 32.1. The second kappa shape index (κ2) is 15.5. The molecule has 2 aromatic heterocycles. The Bertz CT molecular complexity index is 1510. The van der Waals surface area contributed by atoms with E-state index in [4.69, 9.17) is 15.1 Å². The number of oxazole rings is 1. The number of benzene rings is 2. The smallest absolute Gasteiger partial charge is 0.220 e. The zero-order valence-corrected chi connectivity index (χ0v) is 29.9. The molecule has 6 rings (SSSR count). The third kappa shape index (κ3) is 8.02. The van der Waals surface area contributed by atoms with E-state index < -0.39 is 0 Å². The van der Waals surface area contributed by atoms with Gasteiger partial charge in [0.1, 0.15) is 5.69 Å². The topological polar surface area (TPSA) is 61.8 Å². The van der Waals surface area contributed by atoms with Crippen molar-refractivity contribution in [3.63, 3.8) is 0 Å². The predicted octanol–water partition coefficient (Wildman–Crippen LogP) is 8.41. The first-order valence-corrected chi connectivity index (χ1v) is 18.9. The third-order valence-corrected chi connectivity index (χ3v) is 12.2. The van der Waals surface area contributed by atoms with Gasteiger partial charge in [-0.05, 0) is 86.2 Å². The summed E-state index contributed by atoms with van der Waals surface area (Å²) >= 11 is 1.83. The van der Waals surface area contributed by atoms with Crippen molar-refractivity contribution < 1.29 is 4.42 Å². The lowest BCUT2D eigenvalue weighted by Crippen LogP contribution is -2.46. The lowest BCUT2D eigenvalue weighted by Gasteiger charge is -2.40. The van der Waals surface area contributed by atoms with Crippen molar-refractivity contribution in [1.82, 2.24) is 14.8 Å². The van der Waals surface area contributed by atoms with Crippen molar-refractivity contribution in [3.8, 4) is 0 Å². The van der Waals surface area contributed by atoms with E-state index in [2.05, 4.69) is 115 Å². The minimum absolute atomic E-state index is 0.179. The van der Waals surface area contributed by atoms with Gasteiger partial charge in [-0.15, -0.1) is 11.3 Å². The number of rotatable bonds is 13. The number of nitrogens with two attached hydrogens (primary N) is 1. The summed E-state index contributed by atoms with van der Waals surface area (Å²) < 4.78 is 6.94. The van der Waals surface area contributed by atoms with Crippen molar-refractivity contribution in [3.05, 3.63) is 105 Å². The van der Waals surface area contributed by atoms with Gasteiger partial charge in [-0.25, -0.2) is 4.98 Å². The fourth-order valence-electron chi connectivity index (χ4n) is 8.10. The molecule has 7 heteroatoms. The van der Waals surface area contributed by atoms with Crippen LogP contribution in [-0.4, -0.2) is 54.1 Å². The van der Waals surface area contributed by atoms with E-state index in [1.54, 1.807) is 0 Å². The molecule has 47 heavy (non-hydrogen) atoms. The summed E-state index contributed by atoms with van der Waals surface area (Å²) in [4.78, 5) is 14.3. The van der Waals surface area contributed by atoms with Crippen LogP contribution >= 0.6 is 11.3 Å². The molecule has 0 spiro atoms. The van der Waals surface area contributed by atoms with Gasteiger partial charge in [0, 0.05) is 44.0 Å². The molecule has 2 atom stereocenters. The van der Waals surface area contributed by atoms with Crippen LogP contribution < -0.4 is 10.6 Å². The summed E-state index contributed by atoms with van der Waals surface area (Å²) in [5.41, 5.74) is 11.9. The van der Waals surface area contributed by atoms with Crippen LogP contribution in [0.1, 0.15) is 92.1 Å². The van der Waals surface area contributed by atoms with Crippen molar-refractivity contribution in [2.24, 2.45) is 17.6 Å². The second-order valence-electron chi connectivity index (χ2n) is 14.1. The quantitative estimate of drug-likeness (QED) is 0.156. The minimum atomic E-state index is -0.254. The van der Waals surface area contributed by atoms with Crippen LogP contribution in [0.15, 0.2) is 76.5 Å². The highest BCUT2D eigenvalue weighted by Crippen LogP contribution is 2.45. The molecular formula is C40H55N5OS. The summed E-state index contributed by atoms with van der Waals surface area (Å²) in [5, 5.41) is 2.19. The van der Waals surface area contributed by atoms with E-state index in [-0.39, 0.29) is 11.6 Å². The summed E-state index contributed by atoms with van der Waals surface area (Å²) in [6, 6.07) is 24.0. The fraction of sp³-hybridized carbons (Fsp3) is 0.525. The van der Waals surface area contributed by atoms with E-state index in [1.165, 1.54) is 47.3 Å². The SMILES string of the molecule is CCN(CC)C(CC1CCC(C(C)(N)c2sccc2C)CC1)c1nc(Cc2ccccc2)c(N2CCN(Cc3ccccc3)CC2)o1. The molecule has 2 N–H and O–H groups in total. The average molecular weight is 654 g/mol. The molecule has 4 aromatic rings. The van der Waals surface area contributed by atoms with Crippen LogP contribution in [-0.2, 0) is 18.5 Å². The molecule has 0 amide bonds. The lowest BCUT2D eigenvalue weighted by molar-refractivity contribution is 0.122. The number of aryl methyl sites for hydroxylation is 1. The molecule has 0 bridgehead atoms. The molecule has 2 aromatic carbocycles. The largest absolute Gasteiger partial charge is 0.423 e. The van der Waals surface area contributed by atoms with Crippen LogP contribution in [0.3, 0.4) is 0 Å². The van der Waals surface area contributed by atoms with Crippen molar-refractivity contribution in [1.29, 1.82) is 0 Å². The molecule has 6 nitrogen and oxygen atoms in total. The third-order valence-electron chi connectivity index (χ3n) is 11.0. The van der Waals surface area contributed by atoms with Gasteiger partial charge in [0.05, 0.1) is 11.6 Å². The zero-order chi connectivity index (χ0) is 32.8. The van der Waals surface area contributed by atoms with E-state index in [1.807, 2.05) is 11.3 Å². The Morgan fingerprint density at radius 2 is 1.55 bits per heavy atom. The van der Waals surface area contributed by atoms with Crippen molar-refractivity contribution in [2.45, 2.75) is 84.3 Å². The van der Waals surface area contributed by atoms with Gasteiger partial charge >= 0.3 is 0 Å². The number of nitrogens with zero attached hydrogens (tertiary/aromatic N) is 4. The van der Waals surface area contributed by atoms with E-state index >= 15 is 0 Å². The van der Waals surface area contributed by atoms with E-state index in [0.29, 0.717) is 11.8 Å². The van der Waals surface area contributed by atoms with Crippen LogP contribution in [0.4, 0.5) is 5.88 Å². The van der Waals surface area contributed by atoms with Crippen LogP contribution in [0.25, 0.3) is 0 Å². The molecule has 1 saturated carbocycles. The van der Waals surface area contributed by atoms with Crippen molar-refractivity contribution in [2.75, 3.05) is 44.2 Å². The molecule has 2 unspecified atom stereocenters. The molecule has 1 saturated heterocycles. The minimum Gasteiger partial charge on any atom is -0.423 e. The van der Waals surface area contributed by atoms with Gasteiger partial charge in [-0.3, -0.25) is 9.80 Å². The summed E-state index contributed by atoms with van der Waals surface area (Å²) in [5.74, 6) is 3.05. The van der Waals surface area contributed by atoms with Gasteiger partial charge in [-0.1, -0.05) is 87.4 Å². The summed E-state index contributed by atoms with van der Waals surface area (Å²) in [6.07, 6.45) is 6.67. The molecule has 3 heterocycles. The van der Waals surface area contributed by atoms with Gasteiger partial charge in [-0.2, -0.15) is 0 Å². The fourth-order valence-corrected chi connectivity index (χ4v) is 9.18. The Morgan fingerprint density at radius 3 is 2.15 bits per heavy atom. The molecule has 0 radical (unpaired) electrons. The number of anilines is 1. The molecule has 252 valence electrons. The van der Waals surface area contributed by atoms with Crippen LogP contribution in [0.5, 0.6) is 0 Å². The van der Waals surface area contributed by atoms with Crippen LogP contribution in [0.2, 0.25) is 0 Å². The highest BCUT2D eigenvalue weighted by molar-refractivity contribution is 7.10. The first-order valence-electron chi connectivity index (χ1n) is 18.0. The van der Waals surface area contributed by atoms with Gasteiger partial charge in [0.15, 0.2) is 0 Å². The molecule has 2 aliphatic rings. The van der Waals surface area contributed by atoms with E-state index in [9.17, 15) is 0 Å². The standard InChI is InChI=1S/C40H55N5OS/c1-5-44(6-2)36(28-32-17-19-34(20-18-32)40(4,41)37-30(3)21-26-47-37)38-42-35(27-31-13-9-7-10-14-31)39(46-38)45-24-22-43(23-25-45)29-33-15-11-8-12-16-33/h7-16,21,26,32,34,36H,5-6,17-20,22-25,27-29,41H2,1-4H3. The Kier molecular flexibility index (Phi) is 11.2. The van der Waals surface area contributed by atoms with E-state index in [0.717, 1.165) is 76.1 Å². The number of aromatic nitrogens is 1. The summed E-state index contributed by atoms with van der Waals surface area (Å²) in [6.45, 7) is 15.9. The maximum Gasteiger partial charge on any atom is 0.220 e. The maximum absolute atomic E-state index is 7.06. The Morgan fingerprint density at radius 1 is 0.915 bits per heavy atom. The van der Waals surface area contributed by atoms with Gasteiger partial charge < -0.3 is 15.1 Å².